The Bertz CT molecular complexity index is 1040. The molecule has 2 aromatic carbocycles. The second-order valence-electron chi connectivity index (χ2n) is 7.55. The summed E-state index contributed by atoms with van der Waals surface area (Å²) < 4.78 is 16.0. The monoisotopic (exact) mass is 408 g/mol. The van der Waals surface area contributed by atoms with Crippen LogP contribution in [0.4, 0.5) is 5.69 Å². The van der Waals surface area contributed by atoms with E-state index in [1.807, 2.05) is 0 Å². The zero-order valence-electron chi connectivity index (χ0n) is 16.2. The third-order valence-corrected chi connectivity index (χ3v) is 5.67. The summed E-state index contributed by atoms with van der Waals surface area (Å²) >= 11 is 0. The first-order chi connectivity index (χ1) is 14.6. The molecule has 30 heavy (non-hydrogen) atoms. The summed E-state index contributed by atoms with van der Waals surface area (Å²) in [5.74, 6) is 1.33. The number of fused-ring (bicyclic) bond motifs is 2. The number of carbonyl (C=O) groups excluding carboxylic acids is 3. The van der Waals surface area contributed by atoms with Crippen LogP contribution in [0.25, 0.3) is 0 Å². The largest absolute Gasteiger partial charge is 0.482 e. The van der Waals surface area contributed by atoms with Crippen molar-refractivity contribution in [1.82, 2.24) is 4.90 Å². The second-order valence-corrected chi connectivity index (χ2v) is 7.55. The van der Waals surface area contributed by atoms with Crippen LogP contribution in [0.2, 0.25) is 0 Å². The first-order valence-corrected chi connectivity index (χ1v) is 9.88. The standard InChI is InChI=1S/C22H20N2O6/c25-20-11-28-17-3-1-14(9-16(17)23-20)21(26)13-5-7-24(8-6-13)22(27)15-2-4-18-19(10-15)30-12-29-18/h1-4,9-10,13H,5-8,11-12H2,(H,23,25). The maximum Gasteiger partial charge on any atom is 0.262 e. The van der Waals surface area contributed by atoms with Crippen LogP contribution in [0.5, 0.6) is 17.2 Å². The number of piperidine rings is 1. The topological polar surface area (TPSA) is 94.2 Å². The number of hydrogen-bond donors (Lipinski definition) is 1. The van der Waals surface area contributed by atoms with Gasteiger partial charge in [0, 0.05) is 30.1 Å². The summed E-state index contributed by atoms with van der Waals surface area (Å²) in [5, 5.41) is 2.73. The molecule has 1 saturated heterocycles. The Hall–Kier alpha value is -3.55. The lowest BCUT2D eigenvalue weighted by Gasteiger charge is -2.31. The molecule has 8 nitrogen and oxygen atoms in total. The number of benzene rings is 2. The Morgan fingerprint density at radius 1 is 0.900 bits per heavy atom. The average Bonchev–Trinajstić information content (AvgIpc) is 3.25. The van der Waals surface area contributed by atoms with Crippen molar-refractivity contribution in [3.05, 3.63) is 47.5 Å². The van der Waals surface area contributed by atoms with Crippen LogP contribution >= 0.6 is 0 Å². The summed E-state index contributed by atoms with van der Waals surface area (Å²) in [6.45, 7) is 1.16. The number of carbonyl (C=O) groups is 3. The molecule has 1 N–H and O–H groups in total. The maximum atomic E-state index is 13.0. The SMILES string of the molecule is O=C1COc2ccc(C(=O)C3CCN(C(=O)c4ccc5c(c4)OCO5)CC3)cc2N1. The molecule has 1 fully saturated rings. The number of nitrogens with one attached hydrogen (secondary N) is 1. The van der Waals surface area contributed by atoms with Crippen LogP contribution in [0, 0.1) is 5.92 Å². The van der Waals surface area contributed by atoms with Gasteiger partial charge < -0.3 is 24.4 Å². The van der Waals surface area contributed by atoms with Crippen molar-refractivity contribution in [2.45, 2.75) is 12.8 Å². The molecule has 2 amide bonds. The normalized spacial score (nSPS) is 17.7. The molecule has 0 saturated carbocycles. The predicted octanol–water partition coefficient (Wildman–Crippen LogP) is 2.48. The smallest absolute Gasteiger partial charge is 0.262 e. The molecule has 3 aliphatic heterocycles. The summed E-state index contributed by atoms with van der Waals surface area (Å²) in [4.78, 5) is 39.1. The van der Waals surface area contributed by atoms with Gasteiger partial charge in [-0.3, -0.25) is 14.4 Å². The lowest BCUT2D eigenvalue weighted by Crippen LogP contribution is -2.40. The van der Waals surface area contributed by atoms with Crippen LogP contribution in [-0.4, -0.2) is 49.0 Å². The Morgan fingerprint density at radius 2 is 1.63 bits per heavy atom. The zero-order valence-corrected chi connectivity index (χ0v) is 16.2. The lowest BCUT2D eigenvalue weighted by atomic mass is 9.88. The van der Waals surface area contributed by atoms with E-state index in [0.29, 0.717) is 60.0 Å². The lowest BCUT2D eigenvalue weighted by molar-refractivity contribution is -0.118. The van der Waals surface area contributed by atoms with E-state index in [9.17, 15) is 14.4 Å². The Balaban J connectivity index is 1.23. The van der Waals surface area contributed by atoms with Gasteiger partial charge in [-0.1, -0.05) is 0 Å². The van der Waals surface area contributed by atoms with Gasteiger partial charge in [-0.25, -0.2) is 0 Å². The van der Waals surface area contributed by atoms with E-state index >= 15 is 0 Å². The van der Waals surface area contributed by atoms with Gasteiger partial charge in [-0.2, -0.15) is 0 Å². The van der Waals surface area contributed by atoms with Gasteiger partial charge in [0.15, 0.2) is 23.9 Å². The zero-order chi connectivity index (χ0) is 20.7. The van der Waals surface area contributed by atoms with Crippen LogP contribution in [0.15, 0.2) is 36.4 Å². The summed E-state index contributed by atoms with van der Waals surface area (Å²) in [7, 11) is 0. The number of amides is 2. The highest BCUT2D eigenvalue weighted by atomic mass is 16.7. The van der Waals surface area contributed by atoms with Gasteiger partial charge in [0.2, 0.25) is 6.79 Å². The Morgan fingerprint density at radius 3 is 2.47 bits per heavy atom. The molecule has 0 bridgehead atoms. The van der Waals surface area contributed by atoms with Crippen molar-refractivity contribution in [3.8, 4) is 17.2 Å². The van der Waals surface area contributed by atoms with Crippen molar-refractivity contribution in [1.29, 1.82) is 0 Å². The van der Waals surface area contributed by atoms with Crippen molar-refractivity contribution < 1.29 is 28.6 Å². The molecule has 0 radical (unpaired) electrons. The number of ether oxygens (including phenoxy) is 3. The number of Topliss-reactive ketones (excluding diaryl/α,β-unsaturated/α-hetero) is 1. The first-order valence-electron chi connectivity index (χ1n) is 9.88. The van der Waals surface area contributed by atoms with E-state index in [2.05, 4.69) is 5.32 Å². The number of anilines is 1. The van der Waals surface area contributed by atoms with Crippen molar-refractivity contribution >= 4 is 23.3 Å². The van der Waals surface area contributed by atoms with Crippen molar-refractivity contribution in [2.24, 2.45) is 5.92 Å². The first kappa shape index (κ1) is 18.5. The van der Waals surface area contributed by atoms with E-state index in [-0.39, 0.29) is 36.9 Å². The third-order valence-electron chi connectivity index (χ3n) is 5.67. The van der Waals surface area contributed by atoms with E-state index < -0.39 is 0 Å². The molecule has 3 aliphatic rings. The summed E-state index contributed by atoms with van der Waals surface area (Å²) in [5.41, 5.74) is 1.61. The third kappa shape index (κ3) is 3.34. The highest BCUT2D eigenvalue weighted by Gasteiger charge is 2.30. The van der Waals surface area contributed by atoms with E-state index in [1.54, 1.807) is 41.3 Å². The quantitative estimate of drug-likeness (QED) is 0.785. The molecule has 0 unspecified atom stereocenters. The number of nitrogens with zero attached hydrogens (tertiary/aromatic N) is 1. The van der Waals surface area contributed by atoms with Crippen molar-refractivity contribution in [3.63, 3.8) is 0 Å². The van der Waals surface area contributed by atoms with E-state index in [0.717, 1.165) is 0 Å². The average molecular weight is 408 g/mol. The minimum absolute atomic E-state index is 0.0177. The number of likely N-dealkylation sites (tertiary alicyclic amines) is 1. The fraction of sp³-hybridized carbons (Fsp3) is 0.318. The van der Waals surface area contributed by atoms with Crippen LogP contribution < -0.4 is 19.5 Å². The molecule has 5 rings (SSSR count). The summed E-state index contributed by atoms with van der Waals surface area (Å²) in [6.07, 6.45) is 1.18. The molecular weight excluding hydrogens is 388 g/mol. The molecule has 0 spiro atoms. The number of ketones is 1. The molecule has 0 aromatic heterocycles. The molecule has 0 atom stereocenters. The van der Waals surface area contributed by atoms with Crippen molar-refractivity contribution in [2.75, 3.05) is 31.8 Å². The fourth-order valence-corrected chi connectivity index (χ4v) is 4.03. The molecule has 0 aliphatic carbocycles. The molecular formula is C22H20N2O6. The molecule has 8 heteroatoms. The van der Waals surface area contributed by atoms with Gasteiger partial charge in [-0.15, -0.1) is 0 Å². The van der Waals surface area contributed by atoms with Gasteiger partial charge in [-0.05, 0) is 49.2 Å². The van der Waals surface area contributed by atoms with Gasteiger partial charge in [0.05, 0.1) is 5.69 Å². The molecule has 3 heterocycles. The van der Waals surface area contributed by atoms with Crippen LogP contribution in [0.3, 0.4) is 0 Å². The summed E-state index contributed by atoms with van der Waals surface area (Å²) in [6, 6.07) is 10.3. The fourth-order valence-electron chi connectivity index (χ4n) is 4.03. The molecule has 2 aromatic rings. The van der Waals surface area contributed by atoms with Gasteiger partial charge in [0.1, 0.15) is 5.75 Å². The number of hydrogen-bond acceptors (Lipinski definition) is 6. The van der Waals surface area contributed by atoms with Crippen LogP contribution in [-0.2, 0) is 4.79 Å². The highest BCUT2D eigenvalue weighted by molar-refractivity contribution is 6.02. The minimum atomic E-state index is -0.234. The van der Waals surface area contributed by atoms with Gasteiger partial charge >= 0.3 is 0 Å². The highest BCUT2D eigenvalue weighted by Crippen LogP contribution is 2.34. The second kappa shape index (κ2) is 7.37. The predicted molar refractivity (Wildman–Crippen MR) is 106 cm³/mol. The molecule has 154 valence electrons. The minimum Gasteiger partial charge on any atom is -0.482 e. The van der Waals surface area contributed by atoms with E-state index in [4.69, 9.17) is 14.2 Å². The van der Waals surface area contributed by atoms with Gasteiger partial charge in [0.25, 0.3) is 11.8 Å². The van der Waals surface area contributed by atoms with Crippen LogP contribution in [0.1, 0.15) is 33.6 Å². The van der Waals surface area contributed by atoms with E-state index in [1.165, 1.54) is 0 Å². The Kier molecular flexibility index (Phi) is 4.54. The Labute approximate surface area is 172 Å². The number of rotatable bonds is 3. The maximum absolute atomic E-state index is 13.0.